The monoisotopic (exact) mass is 251 g/mol. The first kappa shape index (κ1) is 13.9. The van der Waals surface area contributed by atoms with Crippen LogP contribution < -0.4 is 11.1 Å². The molecule has 0 amide bonds. The molecule has 0 radical (unpaired) electrons. The molecule has 3 nitrogen and oxygen atoms in total. The number of nitrogens with one attached hydrogen (secondary N) is 1. The molecule has 94 valence electrons. The predicted molar refractivity (Wildman–Crippen MR) is 76.5 cm³/mol. The predicted octanol–water partition coefficient (Wildman–Crippen LogP) is 2.34. The van der Waals surface area contributed by atoms with Crippen molar-refractivity contribution < 1.29 is 0 Å². The summed E-state index contributed by atoms with van der Waals surface area (Å²) in [5, 5.41) is 3.12. The minimum Gasteiger partial charge on any atom is -0.370 e. The van der Waals surface area contributed by atoms with Crippen LogP contribution in [0.15, 0.2) is 40.2 Å². The van der Waals surface area contributed by atoms with Crippen LogP contribution in [-0.2, 0) is 0 Å². The summed E-state index contributed by atoms with van der Waals surface area (Å²) in [6.45, 7) is 5.88. The number of benzene rings is 1. The molecule has 0 bridgehead atoms. The van der Waals surface area contributed by atoms with Crippen LogP contribution >= 0.6 is 11.8 Å². The van der Waals surface area contributed by atoms with Gasteiger partial charge in [-0.05, 0) is 18.1 Å². The van der Waals surface area contributed by atoms with Crippen molar-refractivity contribution in [3.63, 3.8) is 0 Å². The van der Waals surface area contributed by atoms with Crippen molar-refractivity contribution in [2.45, 2.75) is 18.7 Å². The minimum atomic E-state index is 0.548. The van der Waals surface area contributed by atoms with E-state index in [0.29, 0.717) is 11.9 Å². The summed E-state index contributed by atoms with van der Waals surface area (Å²) in [4.78, 5) is 5.53. The number of aliphatic imine (C=N–C) groups is 1. The second-order valence-corrected chi connectivity index (χ2v) is 5.38. The van der Waals surface area contributed by atoms with Crippen molar-refractivity contribution >= 4 is 17.7 Å². The van der Waals surface area contributed by atoms with Crippen LogP contribution in [-0.4, -0.2) is 24.8 Å². The standard InChI is InChI=1S/C13H21N3S/c1-11(2)10-16-13(14)15-8-9-17-12-6-4-3-5-7-12/h3-7,11H,8-10H2,1-2H3,(H3,14,15,16). The average Bonchev–Trinajstić information content (AvgIpc) is 2.33. The van der Waals surface area contributed by atoms with Crippen molar-refractivity contribution in [3.05, 3.63) is 30.3 Å². The molecule has 0 spiro atoms. The number of nitrogens with two attached hydrogens (primary N) is 1. The average molecular weight is 251 g/mol. The van der Waals surface area contributed by atoms with Crippen LogP contribution in [0.2, 0.25) is 0 Å². The Kier molecular flexibility index (Phi) is 6.55. The molecule has 1 aromatic carbocycles. The highest BCUT2D eigenvalue weighted by Crippen LogP contribution is 2.15. The summed E-state index contributed by atoms with van der Waals surface area (Å²) in [5.41, 5.74) is 5.73. The van der Waals surface area contributed by atoms with Gasteiger partial charge in [0.05, 0.1) is 0 Å². The SMILES string of the molecule is CC(C)CN=C(N)NCCSc1ccccc1. The van der Waals surface area contributed by atoms with Gasteiger partial charge in [-0.2, -0.15) is 0 Å². The van der Waals surface area contributed by atoms with E-state index in [0.717, 1.165) is 18.8 Å². The van der Waals surface area contributed by atoms with Gasteiger partial charge in [-0.25, -0.2) is 0 Å². The Hall–Kier alpha value is -1.16. The van der Waals surface area contributed by atoms with Gasteiger partial charge < -0.3 is 11.1 Å². The van der Waals surface area contributed by atoms with Gasteiger partial charge in [0.2, 0.25) is 0 Å². The second kappa shape index (κ2) is 8.01. The van der Waals surface area contributed by atoms with Gasteiger partial charge >= 0.3 is 0 Å². The minimum absolute atomic E-state index is 0.548. The number of hydrogen-bond acceptors (Lipinski definition) is 2. The zero-order valence-corrected chi connectivity index (χ0v) is 11.3. The van der Waals surface area contributed by atoms with Gasteiger partial charge in [0.25, 0.3) is 0 Å². The topological polar surface area (TPSA) is 50.4 Å². The molecule has 0 atom stereocenters. The Labute approximate surface area is 108 Å². The van der Waals surface area contributed by atoms with E-state index in [-0.39, 0.29) is 0 Å². The molecule has 0 aromatic heterocycles. The molecule has 17 heavy (non-hydrogen) atoms. The van der Waals surface area contributed by atoms with Crippen LogP contribution in [0.3, 0.4) is 0 Å². The number of guanidine groups is 1. The van der Waals surface area contributed by atoms with Crippen molar-refractivity contribution in [3.8, 4) is 0 Å². The molecule has 4 heteroatoms. The molecule has 0 saturated carbocycles. The van der Waals surface area contributed by atoms with Crippen LogP contribution in [0.1, 0.15) is 13.8 Å². The van der Waals surface area contributed by atoms with Gasteiger partial charge in [-0.3, -0.25) is 4.99 Å². The summed E-state index contributed by atoms with van der Waals surface area (Å²) in [7, 11) is 0. The lowest BCUT2D eigenvalue weighted by atomic mass is 10.2. The summed E-state index contributed by atoms with van der Waals surface area (Å²) < 4.78 is 0. The lowest BCUT2D eigenvalue weighted by molar-refractivity contribution is 0.662. The maximum Gasteiger partial charge on any atom is 0.188 e. The molecular weight excluding hydrogens is 230 g/mol. The summed E-state index contributed by atoms with van der Waals surface area (Å²) >= 11 is 1.81. The molecule has 3 N–H and O–H groups in total. The van der Waals surface area contributed by atoms with Gasteiger partial charge in [-0.1, -0.05) is 32.0 Å². The summed E-state index contributed by atoms with van der Waals surface area (Å²) in [5.74, 6) is 2.09. The summed E-state index contributed by atoms with van der Waals surface area (Å²) in [6, 6.07) is 10.4. The highest BCUT2D eigenvalue weighted by atomic mass is 32.2. The zero-order chi connectivity index (χ0) is 12.5. The molecule has 0 aliphatic heterocycles. The van der Waals surface area contributed by atoms with Crippen molar-refractivity contribution in [2.24, 2.45) is 16.6 Å². The lowest BCUT2D eigenvalue weighted by Gasteiger charge is -2.06. The van der Waals surface area contributed by atoms with Gasteiger partial charge in [0.15, 0.2) is 5.96 Å². The normalized spacial score (nSPS) is 11.8. The van der Waals surface area contributed by atoms with Crippen molar-refractivity contribution in [1.82, 2.24) is 5.32 Å². The third-order valence-corrected chi connectivity index (χ3v) is 3.06. The molecule has 0 aliphatic rings. The number of nitrogens with zero attached hydrogens (tertiary/aromatic N) is 1. The van der Waals surface area contributed by atoms with Gasteiger partial charge in [0, 0.05) is 23.7 Å². The number of rotatable bonds is 6. The van der Waals surface area contributed by atoms with Crippen LogP contribution in [0.5, 0.6) is 0 Å². The third kappa shape index (κ3) is 6.89. The fourth-order valence-corrected chi connectivity index (χ4v) is 1.99. The Bertz CT molecular complexity index is 336. The number of thioether (sulfide) groups is 1. The van der Waals surface area contributed by atoms with Crippen LogP contribution in [0.4, 0.5) is 0 Å². The van der Waals surface area contributed by atoms with E-state index in [1.807, 2.05) is 30.0 Å². The van der Waals surface area contributed by atoms with E-state index in [4.69, 9.17) is 5.73 Å². The Morgan fingerprint density at radius 3 is 2.71 bits per heavy atom. The van der Waals surface area contributed by atoms with Crippen molar-refractivity contribution in [2.75, 3.05) is 18.8 Å². The molecule has 1 rings (SSSR count). The largest absolute Gasteiger partial charge is 0.370 e. The maximum absolute atomic E-state index is 5.73. The molecule has 1 aromatic rings. The van der Waals surface area contributed by atoms with Crippen LogP contribution in [0, 0.1) is 5.92 Å². The quantitative estimate of drug-likeness (QED) is 0.353. The van der Waals surface area contributed by atoms with E-state index >= 15 is 0 Å². The summed E-state index contributed by atoms with van der Waals surface area (Å²) in [6.07, 6.45) is 0. The fraction of sp³-hybridized carbons (Fsp3) is 0.462. The van der Waals surface area contributed by atoms with E-state index in [2.05, 4.69) is 36.3 Å². The first-order valence-electron chi connectivity index (χ1n) is 5.90. The molecule has 0 unspecified atom stereocenters. The Morgan fingerprint density at radius 2 is 2.06 bits per heavy atom. The smallest absolute Gasteiger partial charge is 0.188 e. The molecule has 0 fully saturated rings. The highest BCUT2D eigenvalue weighted by molar-refractivity contribution is 7.99. The third-order valence-electron chi connectivity index (χ3n) is 2.05. The van der Waals surface area contributed by atoms with Crippen molar-refractivity contribution in [1.29, 1.82) is 0 Å². The van der Waals surface area contributed by atoms with Gasteiger partial charge in [0.1, 0.15) is 0 Å². The van der Waals surface area contributed by atoms with Crippen LogP contribution in [0.25, 0.3) is 0 Å². The van der Waals surface area contributed by atoms with E-state index in [1.54, 1.807) is 0 Å². The lowest BCUT2D eigenvalue weighted by Crippen LogP contribution is -2.33. The van der Waals surface area contributed by atoms with E-state index < -0.39 is 0 Å². The zero-order valence-electron chi connectivity index (χ0n) is 10.5. The van der Waals surface area contributed by atoms with E-state index in [9.17, 15) is 0 Å². The second-order valence-electron chi connectivity index (χ2n) is 4.21. The molecule has 0 saturated heterocycles. The first-order chi connectivity index (χ1) is 8.18. The Balaban J connectivity index is 2.14. The Morgan fingerprint density at radius 1 is 1.35 bits per heavy atom. The fourth-order valence-electron chi connectivity index (χ4n) is 1.20. The molecule has 0 aliphatic carbocycles. The maximum atomic E-state index is 5.73. The highest BCUT2D eigenvalue weighted by Gasteiger charge is 1.95. The van der Waals surface area contributed by atoms with Gasteiger partial charge in [-0.15, -0.1) is 11.8 Å². The molecule has 0 heterocycles. The van der Waals surface area contributed by atoms with E-state index in [1.165, 1.54) is 4.90 Å². The number of hydrogen-bond donors (Lipinski definition) is 2. The first-order valence-corrected chi connectivity index (χ1v) is 6.88. The molecular formula is C13H21N3S.